The van der Waals surface area contributed by atoms with Crippen LogP contribution in [0, 0.1) is 12.8 Å². The Balaban J connectivity index is 0.989. The molecule has 0 spiro atoms. The molecule has 4 aliphatic heterocycles. The smallest absolute Gasteiger partial charge is 0.245 e. The topological polar surface area (TPSA) is 157 Å². The fourth-order valence-corrected chi connectivity index (χ4v) is 6.39. The largest absolute Gasteiger partial charge is 0.486 e. The van der Waals surface area contributed by atoms with Crippen molar-refractivity contribution in [2.75, 3.05) is 59.0 Å². The molecule has 4 aliphatic rings. The van der Waals surface area contributed by atoms with Gasteiger partial charge in [0.25, 0.3) is 0 Å². The minimum Gasteiger partial charge on any atom is -0.486 e. The maximum atomic E-state index is 13.4. The van der Waals surface area contributed by atoms with Crippen LogP contribution in [-0.2, 0) is 33.9 Å². The van der Waals surface area contributed by atoms with Gasteiger partial charge in [0.15, 0.2) is 18.1 Å². The lowest BCUT2D eigenvalue weighted by atomic mass is 9.99. The first-order valence-electron chi connectivity index (χ1n) is 16.8. The Hall–Kier alpha value is -3.72. The molecule has 5 heterocycles. The van der Waals surface area contributed by atoms with E-state index in [0.717, 1.165) is 36.7 Å². The summed E-state index contributed by atoms with van der Waals surface area (Å²) in [6.45, 7) is 12.0. The second kappa shape index (κ2) is 15.0. The molecule has 2 amide bonds. The summed E-state index contributed by atoms with van der Waals surface area (Å²) in [6.07, 6.45) is 1.90. The molecule has 14 nitrogen and oxygen atoms in total. The Morgan fingerprint density at radius 2 is 1.96 bits per heavy atom. The minimum atomic E-state index is -0.717. The number of hydrogen-bond acceptors (Lipinski definition) is 12. The van der Waals surface area contributed by atoms with Gasteiger partial charge in [-0.2, -0.15) is 0 Å². The molecule has 0 saturated carbocycles. The van der Waals surface area contributed by atoms with Gasteiger partial charge in [-0.1, -0.05) is 19.9 Å². The number of amides is 2. The number of aliphatic imine (C=N–C) groups is 1. The Bertz CT molecular complexity index is 1420. The van der Waals surface area contributed by atoms with Crippen LogP contribution in [0.25, 0.3) is 0 Å². The van der Waals surface area contributed by atoms with E-state index in [4.69, 9.17) is 18.9 Å². The molecule has 4 N–H and O–H groups in total. The van der Waals surface area contributed by atoms with E-state index in [1.807, 2.05) is 31.7 Å². The molecule has 1 aromatic carbocycles. The average Bonchev–Trinajstić information content (AvgIpc) is 3.48. The number of aliphatic hydroxyl groups excluding tert-OH is 1. The van der Waals surface area contributed by atoms with E-state index in [0.29, 0.717) is 64.9 Å². The molecule has 256 valence electrons. The van der Waals surface area contributed by atoms with Crippen LogP contribution in [0.3, 0.4) is 0 Å². The van der Waals surface area contributed by atoms with E-state index in [1.165, 1.54) is 17.5 Å². The lowest BCUT2D eigenvalue weighted by Gasteiger charge is -2.41. The molecule has 2 saturated heterocycles. The number of oxazole rings is 1. The predicted octanol–water partition coefficient (Wildman–Crippen LogP) is 0.230. The van der Waals surface area contributed by atoms with Crippen LogP contribution in [0.5, 0.6) is 5.75 Å². The number of aliphatic hydroxyl groups is 1. The lowest BCUT2D eigenvalue weighted by Crippen LogP contribution is -2.64. The Kier molecular flexibility index (Phi) is 10.6. The maximum absolute atomic E-state index is 13.4. The highest BCUT2D eigenvalue weighted by Gasteiger charge is 2.34. The number of fused-ring (bicyclic) bond motifs is 1. The zero-order valence-corrected chi connectivity index (χ0v) is 27.6. The van der Waals surface area contributed by atoms with Gasteiger partial charge in [-0.25, -0.2) is 9.98 Å². The summed E-state index contributed by atoms with van der Waals surface area (Å²) in [5.41, 5.74) is 3.27. The fourth-order valence-electron chi connectivity index (χ4n) is 6.39. The van der Waals surface area contributed by atoms with Crippen molar-refractivity contribution in [1.29, 1.82) is 0 Å². The number of hydrogen-bond donors (Lipinski definition) is 4. The number of aromatic nitrogens is 1. The first-order chi connectivity index (χ1) is 22.7. The number of ether oxygens (including phenoxy) is 2. The highest BCUT2D eigenvalue weighted by Crippen LogP contribution is 2.25. The Labute approximate surface area is 275 Å². The third kappa shape index (κ3) is 8.42. The lowest BCUT2D eigenvalue weighted by molar-refractivity contribution is -0.135. The number of guanidine groups is 1. The molecule has 6 rings (SSSR count). The number of nitrogens with zero attached hydrogens (tertiary/aromatic N) is 5. The van der Waals surface area contributed by atoms with E-state index >= 15 is 0 Å². The Morgan fingerprint density at radius 3 is 2.66 bits per heavy atom. The number of carbonyl (C=O) groups excluding carboxylic acids is 2. The van der Waals surface area contributed by atoms with Crippen LogP contribution in [0.4, 0.5) is 0 Å². The highest BCUT2D eigenvalue weighted by atomic mass is 16.5. The van der Waals surface area contributed by atoms with E-state index in [9.17, 15) is 14.7 Å². The van der Waals surface area contributed by atoms with Crippen molar-refractivity contribution in [3.8, 4) is 5.75 Å². The number of nitrogens with one attached hydrogen (secondary N) is 3. The van der Waals surface area contributed by atoms with Crippen molar-refractivity contribution in [2.45, 2.75) is 71.1 Å². The van der Waals surface area contributed by atoms with Crippen molar-refractivity contribution in [3.05, 3.63) is 47.2 Å². The Morgan fingerprint density at radius 1 is 1.15 bits per heavy atom. The summed E-state index contributed by atoms with van der Waals surface area (Å²) in [7, 11) is 0. The second-order valence-electron chi connectivity index (χ2n) is 13.2. The van der Waals surface area contributed by atoms with Gasteiger partial charge >= 0.3 is 0 Å². The molecule has 14 heteroatoms. The molecule has 0 bridgehead atoms. The molecule has 0 radical (unpaired) electrons. The van der Waals surface area contributed by atoms with Crippen molar-refractivity contribution in [2.24, 2.45) is 10.9 Å². The number of rotatable bonds is 11. The van der Waals surface area contributed by atoms with E-state index in [1.54, 1.807) is 0 Å². The molecular weight excluding hydrogens is 604 g/mol. The van der Waals surface area contributed by atoms with Crippen LogP contribution < -0.4 is 20.7 Å². The summed E-state index contributed by atoms with van der Waals surface area (Å²) < 4.78 is 16.6. The zero-order valence-electron chi connectivity index (χ0n) is 27.6. The molecular formula is C33H48N8O6. The SMILES string of the molecule is Cc1ncoc1COc1ccc2c(c1)CCN(C[C@@H](O)CNC(=O)C1CC(NC3COC3)NC(N3CCN(C(=O)C(C)C)CC3)=N1)C2. The minimum absolute atomic E-state index is 0.0335. The normalized spacial score (nSPS) is 22.6. The number of carbonyl (C=O) groups is 2. The van der Waals surface area contributed by atoms with Crippen LogP contribution in [0.1, 0.15) is 42.8 Å². The molecule has 3 atom stereocenters. The van der Waals surface area contributed by atoms with Gasteiger partial charge in [0.1, 0.15) is 18.4 Å². The van der Waals surface area contributed by atoms with Gasteiger partial charge < -0.3 is 39.4 Å². The summed E-state index contributed by atoms with van der Waals surface area (Å²) in [4.78, 5) is 41.0. The monoisotopic (exact) mass is 652 g/mol. The van der Waals surface area contributed by atoms with Crippen molar-refractivity contribution in [1.82, 2.24) is 35.6 Å². The predicted molar refractivity (Wildman–Crippen MR) is 174 cm³/mol. The number of benzene rings is 1. The first-order valence-corrected chi connectivity index (χ1v) is 16.8. The molecule has 2 unspecified atom stereocenters. The third-order valence-electron chi connectivity index (χ3n) is 9.27. The van der Waals surface area contributed by atoms with Crippen LogP contribution in [0.15, 0.2) is 34.0 Å². The van der Waals surface area contributed by atoms with E-state index in [-0.39, 0.29) is 36.5 Å². The standard InChI is InChI=1S/C33H48N8O6/c1-21(2)32(44)40-8-10-41(11-9-40)33-37-28(13-30(38-33)36-25-17-45-18-25)31(43)34-14-26(42)16-39-7-6-23-12-27(5-4-24(23)15-39)46-19-29-22(3)35-20-47-29/h4-5,12,20-21,25-26,28,30,36,42H,6-11,13-19H2,1-3H3,(H,34,43)(H,37,38)/t26-,28?,30?/m0/s1. The van der Waals surface area contributed by atoms with Crippen LogP contribution in [-0.4, -0.2) is 126 Å². The number of piperazine rings is 1. The number of β-amino-alcohol motifs (C(OH)–C–C–N with tert-alkyl or cyclic N) is 1. The van der Waals surface area contributed by atoms with Gasteiger partial charge in [-0.15, -0.1) is 0 Å². The van der Waals surface area contributed by atoms with Crippen molar-refractivity contribution < 1.29 is 28.6 Å². The van der Waals surface area contributed by atoms with E-state index < -0.39 is 12.1 Å². The fraction of sp³-hybridized carbons (Fsp3) is 0.636. The van der Waals surface area contributed by atoms with E-state index in [2.05, 4.69) is 42.9 Å². The summed E-state index contributed by atoms with van der Waals surface area (Å²) in [5.74, 6) is 2.10. The quantitative estimate of drug-likeness (QED) is 0.264. The van der Waals surface area contributed by atoms with Gasteiger partial charge in [0.2, 0.25) is 11.8 Å². The molecule has 0 aliphatic carbocycles. The van der Waals surface area contributed by atoms with Gasteiger partial charge in [-0.05, 0) is 36.6 Å². The van der Waals surface area contributed by atoms with Gasteiger partial charge in [0, 0.05) is 64.7 Å². The molecule has 2 aromatic rings. The third-order valence-corrected chi connectivity index (χ3v) is 9.27. The second-order valence-corrected chi connectivity index (χ2v) is 13.2. The summed E-state index contributed by atoms with van der Waals surface area (Å²) in [5, 5.41) is 20.9. The summed E-state index contributed by atoms with van der Waals surface area (Å²) in [6, 6.07) is 5.75. The summed E-state index contributed by atoms with van der Waals surface area (Å²) >= 11 is 0. The van der Waals surface area contributed by atoms with Crippen molar-refractivity contribution >= 4 is 17.8 Å². The zero-order chi connectivity index (χ0) is 32.9. The van der Waals surface area contributed by atoms with Gasteiger partial charge in [0.05, 0.1) is 37.2 Å². The molecule has 1 aromatic heterocycles. The maximum Gasteiger partial charge on any atom is 0.245 e. The average molecular weight is 653 g/mol. The van der Waals surface area contributed by atoms with Gasteiger partial charge in [-0.3, -0.25) is 19.8 Å². The molecule has 2 fully saturated rings. The first kappa shape index (κ1) is 33.2. The van der Waals surface area contributed by atoms with Crippen LogP contribution in [0.2, 0.25) is 0 Å². The van der Waals surface area contributed by atoms with Crippen LogP contribution >= 0.6 is 0 Å². The highest BCUT2D eigenvalue weighted by molar-refractivity contribution is 5.89. The molecule has 47 heavy (non-hydrogen) atoms. The van der Waals surface area contributed by atoms with Crippen molar-refractivity contribution in [3.63, 3.8) is 0 Å². The number of aryl methyl sites for hydroxylation is 1.